The van der Waals surface area contributed by atoms with Crippen LogP contribution in [0.25, 0.3) is 0 Å². The summed E-state index contributed by atoms with van der Waals surface area (Å²) >= 11 is 0. The summed E-state index contributed by atoms with van der Waals surface area (Å²) in [6, 6.07) is 0. The van der Waals surface area contributed by atoms with E-state index in [2.05, 4.69) is 26.0 Å². The third-order valence-electron chi connectivity index (χ3n) is 20.8. The molecule has 0 aromatic heterocycles. The van der Waals surface area contributed by atoms with Crippen LogP contribution in [0.4, 0.5) is 0 Å². The van der Waals surface area contributed by atoms with E-state index in [9.17, 15) is 19.0 Å². The first-order valence-electron chi connectivity index (χ1n) is 44.4. The van der Waals surface area contributed by atoms with Crippen LogP contribution in [0.1, 0.15) is 489 Å². The van der Waals surface area contributed by atoms with Gasteiger partial charge in [-0.3, -0.25) is 18.6 Å². The number of phosphoric ester groups is 1. The Morgan fingerprint density at radius 1 is 0.306 bits per heavy atom. The maximum Gasteiger partial charge on any atom is 0.472 e. The zero-order valence-corrected chi connectivity index (χ0v) is 68.0. The molecule has 0 amide bonds. The third kappa shape index (κ3) is 83.7. The lowest BCUT2D eigenvalue weighted by Gasteiger charge is -2.24. The van der Waals surface area contributed by atoms with Gasteiger partial charge < -0.3 is 18.9 Å². The summed E-state index contributed by atoms with van der Waals surface area (Å²) in [6.07, 6.45) is 103. The molecule has 98 heavy (non-hydrogen) atoms. The quantitative estimate of drug-likeness (QED) is 0.0211. The first-order valence-corrected chi connectivity index (χ1v) is 45.9. The molecule has 0 aromatic carbocycles. The molecule has 0 saturated heterocycles. The standard InChI is InChI=1S/C88H174NO8P/c1-6-8-10-12-14-16-18-20-22-24-26-28-30-32-34-36-38-40-42-44-46-48-50-52-54-56-58-60-62-64-66-68-70-72-74-76-78-80-87(90)94-84-86(85-96-98(92,93)95-83-82-89(3,4)5)97-88(91)81-79-77-75-73-71-69-67-65-63-61-59-57-55-53-51-49-47-45-43-41-39-37-35-33-31-29-27-25-23-21-19-17-15-13-11-9-7-2/h25,27,86H,6-24,26,28-85H2,1-5H3/p+1/b27-25-. The van der Waals surface area contributed by atoms with Crippen molar-refractivity contribution < 1.29 is 42.1 Å². The van der Waals surface area contributed by atoms with E-state index in [1.54, 1.807) is 0 Å². The number of quaternary nitrogens is 1. The number of carbonyl (C=O) groups excluding carboxylic acids is 2. The molecule has 0 heterocycles. The van der Waals surface area contributed by atoms with Gasteiger partial charge in [0.05, 0.1) is 27.7 Å². The maximum absolute atomic E-state index is 12.9. The molecule has 0 saturated carbocycles. The highest BCUT2D eigenvalue weighted by molar-refractivity contribution is 7.47. The topological polar surface area (TPSA) is 108 Å². The van der Waals surface area contributed by atoms with Gasteiger partial charge in [-0.1, -0.05) is 450 Å². The van der Waals surface area contributed by atoms with Crippen LogP contribution in [0.2, 0.25) is 0 Å². The van der Waals surface area contributed by atoms with Gasteiger partial charge in [0.2, 0.25) is 0 Å². The molecular weight excluding hydrogens is 1230 g/mol. The molecule has 9 nitrogen and oxygen atoms in total. The van der Waals surface area contributed by atoms with E-state index in [1.807, 2.05) is 21.1 Å². The van der Waals surface area contributed by atoms with Gasteiger partial charge in [-0.05, 0) is 38.5 Å². The van der Waals surface area contributed by atoms with Crippen LogP contribution < -0.4 is 0 Å². The van der Waals surface area contributed by atoms with Gasteiger partial charge in [-0.25, -0.2) is 4.57 Å². The molecule has 2 atom stereocenters. The van der Waals surface area contributed by atoms with Crippen LogP contribution in [0.3, 0.4) is 0 Å². The fraction of sp³-hybridized carbons (Fsp3) is 0.955. The number of hydrogen-bond acceptors (Lipinski definition) is 7. The predicted octanol–water partition coefficient (Wildman–Crippen LogP) is 29.7. The zero-order valence-electron chi connectivity index (χ0n) is 67.1. The minimum absolute atomic E-state index is 0.0372. The Morgan fingerprint density at radius 3 is 0.755 bits per heavy atom. The van der Waals surface area contributed by atoms with E-state index in [4.69, 9.17) is 18.5 Å². The number of rotatable bonds is 85. The Labute approximate surface area is 613 Å². The minimum atomic E-state index is -4.39. The summed E-state index contributed by atoms with van der Waals surface area (Å²) in [6.45, 7) is 4.54. The highest BCUT2D eigenvalue weighted by atomic mass is 31.2. The summed E-state index contributed by atoms with van der Waals surface area (Å²) in [5.74, 6) is -0.764. The molecule has 584 valence electrons. The summed E-state index contributed by atoms with van der Waals surface area (Å²) in [5, 5.41) is 0. The lowest BCUT2D eigenvalue weighted by molar-refractivity contribution is -0.870. The smallest absolute Gasteiger partial charge is 0.462 e. The number of ether oxygens (including phenoxy) is 2. The van der Waals surface area contributed by atoms with Gasteiger partial charge in [0.1, 0.15) is 19.8 Å². The van der Waals surface area contributed by atoms with Crippen molar-refractivity contribution in [3.8, 4) is 0 Å². The molecule has 1 N–H and O–H groups in total. The van der Waals surface area contributed by atoms with E-state index in [-0.39, 0.29) is 25.6 Å². The monoisotopic (exact) mass is 1410 g/mol. The van der Waals surface area contributed by atoms with Crippen molar-refractivity contribution in [1.82, 2.24) is 0 Å². The number of carbonyl (C=O) groups is 2. The second-order valence-electron chi connectivity index (χ2n) is 32.0. The Bertz CT molecular complexity index is 1650. The number of likely N-dealkylation sites (N-methyl/N-ethyl adjacent to an activating group) is 1. The van der Waals surface area contributed by atoms with Gasteiger partial charge in [0.25, 0.3) is 0 Å². The van der Waals surface area contributed by atoms with Crippen molar-refractivity contribution in [2.24, 2.45) is 0 Å². The second-order valence-corrected chi connectivity index (χ2v) is 33.5. The van der Waals surface area contributed by atoms with Crippen molar-refractivity contribution in [3.63, 3.8) is 0 Å². The maximum atomic E-state index is 12.9. The third-order valence-corrected chi connectivity index (χ3v) is 21.8. The van der Waals surface area contributed by atoms with Gasteiger partial charge in [-0.2, -0.15) is 0 Å². The van der Waals surface area contributed by atoms with E-state index in [0.29, 0.717) is 17.4 Å². The number of hydrogen-bond donors (Lipinski definition) is 1. The average molecular weight is 1410 g/mol. The van der Waals surface area contributed by atoms with E-state index in [1.165, 1.54) is 424 Å². The average Bonchev–Trinajstić information content (AvgIpc) is 1.08. The number of nitrogens with zero attached hydrogens (tertiary/aromatic N) is 1. The normalized spacial score (nSPS) is 12.9. The fourth-order valence-electron chi connectivity index (χ4n) is 14.0. The Kier molecular flexibility index (Phi) is 78.8. The summed E-state index contributed by atoms with van der Waals surface area (Å²) in [5.41, 5.74) is 0. The highest BCUT2D eigenvalue weighted by Crippen LogP contribution is 2.43. The molecule has 0 rings (SSSR count). The van der Waals surface area contributed by atoms with Gasteiger partial charge in [-0.15, -0.1) is 0 Å². The van der Waals surface area contributed by atoms with E-state index >= 15 is 0 Å². The lowest BCUT2D eigenvalue weighted by Crippen LogP contribution is -2.37. The molecule has 0 aliphatic carbocycles. The molecule has 0 spiro atoms. The minimum Gasteiger partial charge on any atom is -0.462 e. The van der Waals surface area contributed by atoms with Crippen molar-refractivity contribution in [2.45, 2.75) is 495 Å². The molecule has 0 fully saturated rings. The van der Waals surface area contributed by atoms with E-state index in [0.717, 1.165) is 38.5 Å². The lowest BCUT2D eigenvalue weighted by atomic mass is 10.0. The molecule has 0 aliphatic heterocycles. The van der Waals surface area contributed by atoms with Crippen molar-refractivity contribution in [2.75, 3.05) is 47.5 Å². The molecule has 0 aliphatic rings. The molecule has 0 aromatic rings. The number of unbranched alkanes of at least 4 members (excludes halogenated alkanes) is 69. The Morgan fingerprint density at radius 2 is 0.520 bits per heavy atom. The number of esters is 2. The molecular formula is C88H175NO8P+. The van der Waals surface area contributed by atoms with E-state index < -0.39 is 26.5 Å². The first-order chi connectivity index (χ1) is 48.0. The van der Waals surface area contributed by atoms with Crippen LogP contribution in [-0.2, 0) is 32.7 Å². The fourth-order valence-corrected chi connectivity index (χ4v) is 14.8. The summed E-state index contributed by atoms with van der Waals surface area (Å²) in [4.78, 5) is 36.0. The van der Waals surface area contributed by atoms with Crippen LogP contribution in [0, 0.1) is 0 Å². The van der Waals surface area contributed by atoms with Gasteiger partial charge in [0.15, 0.2) is 6.10 Å². The van der Waals surface area contributed by atoms with Crippen LogP contribution in [0.5, 0.6) is 0 Å². The molecule has 0 radical (unpaired) electrons. The Balaban J connectivity index is 3.83. The van der Waals surface area contributed by atoms with Crippen molar-refractivity contribution in [3.05, 3.63) is 12.2 Å². The van der Waals surface area contributed by atoms with Gasteiger partial charge in [0, 0.05) is 12.8 Å². The van der Waals surface area contributed by atoms with Crippen LogP contribution in [0.15, 0.2) is 12.2 Å². The second kappa shape index (κ2) is 79.9. The Hall–Kier alpha value is -1.25. The van der Waals surface area contributed by atoms with Gasteiger partial charge >= 0.3 is 19.8 Å². The number of phosphoric acid groups is 1. The highest BCUT2D eigenvalue weighted by Gasteiger charge is 2.27. The van der Waals surface area contributed by atoms with Crippen LogP contribution >= 0.6 is 7.82 Å². The predicted molar refractivity (Wildman–Crippen MR) is 428 cm³/mol. The molecule has 0 bridgehead atoms. The van der Waals surface area contributed by atoms with Crippen molar-refractivity contribution >= 4 is 19.8 Å². The summed E-state index contributed by atoms with van der Waals surface area (Å²) < 4.78 is 34.9. The number of allylic oxidation sites excluding steroid dienone is 2. The molecule has 2 unspecified atom stereocenters. The summed E-state index contributed by atoms with van der Waals surface area (Å²) in [7, 11) is 1.51. The van der Waals surface area contributed by atoms with Crippen LogP contribution in [-0.4, -0.2) is 74.9 Å². The largest absolute Gasteiger partial charge is 0.472 e. The van der Waals surface area contributed by atoms with Crippen molar-refractivity contribution in [1.29, 1.82) is 0 Å². The zero-order chi connectivity index (χ0) is 71.1. The SMILES string of the molecule is CCCCCCCCCC/C=C\CCCCCCCCCCCCCCCCCCCCCCCCCCCC(=O)OC(COC(=O)CCCCCCCCCCCCCCCCCCCCCCCCCCCCCCCCCCCCCCC)COP(=O)(O)OCC[N+](C)(C)C. The first kappa shape index (κ1) is 96.8. The molecule has 10 heteroatoms.